The molecule has 3 heterocycles. The molecule has 0 spiro atoms. The quantitative estimate of drug-likeness (QED) is 0.861. The first kappa shape index (κ1) is 12.9. The third-order valence-electron chi connectivity index (χ3n) is 3.06. The van der Waals surface area contributed by atoms with E-state index in [9.17, 15) is 4.79 Å². The van der Waals surface area contributed by atoms with Crippen LogP contribution in [-0.2, 0) is 0 Å². The summed E-state index contributed by atoms with van der Waals surface area (Å²) in [5.41, 5.74) is 1.07. The molecule has 1 fully saturated rings. The number of pyridine rings is 1. The molecule has 8 heteroatoms. The van der Waals surface area contributed by atoms with Crippen molar-refractivity contribution in [3.05, 3.63) is 29.4 Å². The van der Waals surface area contributed by atoms with Crippen molar-refractivity contribution >= 4 is 28.9 Å². The predicted molar refractivity (Wildman–Crippen MR) is 77.2 cm³/mol. The normalized spacial score (nSPS) is 15.1. The summed E-state index contributed by atoms with van der Waals surface area (Å²) in [5.74, 6) is 0.296. The minimum atomic E-state index is -0.234. The topological polar surface area (TPSA) is 83.0 Å². The largest absolute Gasteiger partial charge is 0.368 e. The van der Waals surface area contributed by atoms with Crippen LogP contribution in [0, 0.1) is 0 Å². The third-order valence-corrected chi connectivity index (χ3v) is 3.72. The minimum Gasteiger partial charge on any atom is -0.368 e. The molecule has 2 N–H and O–H groups in total. The number of amides is 1. The summed E-state index contributed by atoms with van der Waals surface area (Å²) >= 11 is 1.06. The molecule has 20 heavy (non-hydrogen) atoms. The molecular weight excluding hydrogens is 276 g/mol. The first-order valence-electron chi connectivity index (χ1n) is 6.33. The number of rotatable bonds is 3. The van der Waals surface area contributed by atoms with Crippen molar-refractivity contribution < 1.29 is 4.79 Å². The molecule has 1 amide bonds. The van der Waals surface area contributed by atoms with Crippen molar-refractivity contribution in [3.63, 3.8) is 0 Å². The van der Waals surface area contributed by atoms with Crippen molar-refractivity contribution in [2.75, 3.05) is 36.4 Å². The van der Waals surface area contributed by atoms with Crippen molar-refractivity contribution in [2.24, 2.45) is 0 Å². The Labute approximate surface area is 120 Å². The Balaban J connectivity index is 1.65. The molecule has 0 radical (unpaired) electrons. The van der Waals surface area contributed by atoms with Crippen molar-refractivity contribution in [1.29, 1.82) is 0 Å². The lowest BCUT2D eigenvalue weighted by atomic mass is 10.3. The molecule has 2 aromatic heterocycles. The highest BCUT2D eigenvalue weighted by atomic mass is 32.1. The number of aromatic nitrogens is 3. The van der Waals surface area contributed by atoms with Crippen LogP contribution >= 0.6 is 11.5 Å². The van der Waals surface area contributed by atoms with Gasteiger partial charge in [0.25, 0.3) is 5.91 Å². The Morgan fingerprint density at radius 1 is 1.30 bits per heavy atom. The fourth-order valence-electron chi connectivity index (χ4n) is 2.02. The lowest BCUT2D eigenvalue weighted by molar-refractivity contribution is 0.103. The first-order chi connectivity index (χ1) is 9.83. The highest BCUT2D eigenvalue weighted by molar-refractivity contribution is 7.07. The molecular formula is C12H14N6OS. The molecule has 0 atom stereocenters. The zero-order valence-electron chi connectivity index (χ0n) is 10.7. The van der Waals surface area contributed by atoms with Crippen LogP contribution in [0.25, 0.3) is 0 Å². The van der Waals surface area contributed by atoms with E-state index >= 15 is 0 Å². The van der Waals surface area contributed by atoms with Gasteiger partial charge in [0.15, 0.2) is 0 Å². The first-order valence-corrected chi connectivity index (χ1v) is 7.11. The fourth-order valence-corrected chi connectivity index (χ4v) is 2.43. The summed E-state index contributed by atoms with van der Waals surface area (Å²) in [6.45, 7) is 3.91. The fraction of sp³-hybridized carbons (Fsp3) is 0.333. The summed E-state index contributed by atoms with van der Waals surface area (Å²) in [4.78, 5) is 18.8. The van der Waals surface area contributed by atoms with Gasteiger partial charge in [-0.25, -0.2) is 4.98 Å². The number of hydrogen-bond donors (Lipinski definition) is 2. The Hall–Kier alpha value is -2.06. The van der Waals surface area contributed by atoms with Crippen LogP contribution in [0.15, 0.2) is 24.5 Å². The summed E-state index contributed by atoms with van der Waals surface area (Å²) in [6.07, 6.45) is 3.22. The number of nitrogens with one attached hydrogen (secondary N) is 2. The molecule has 0 bridgehead atoms. The summed E-state index contributed by atoms with van der Waals surface area (Å²) in [7, 11) is 0. The molecule has 3 rings (SSSR count). The molecule has 104 valence electrons. The number of carbonyl (C=O) groups is 1. The van der Waals surface area contributed by atoms with Crippen molar-refractivity contribution in [3.8, 4) is 0 Å². The number of nitrogens with zero attached hydrogens (tertiary/aromatic N) is 4. The third kappa shape index (κ3) is 2.91. The lowest BCUT2D eigenvalue weighted by Crippen LogP contribution is -2.43. The van der Waals surface area contributed by atoms with Crippen LogP contribution in [0.4, 0.5) is 11.5 Å². The van der Waals surface area contributed by atoms with Gasteiger partial charge in [0.05, 0.1) is 18.1 Å². The van der Waals surface area contributed by atoms with Gasteiger partial charge in [-0.05, 0) is 23.7 Å². The van der Waals surface area contributed by atoms with E-state index in [2.05, 4.69) is 30.1 Å². The zero-order valence-corrected chi connectivity index (χ0v) is 11.6. The van der Waals surface area contributed by atoms with Gasteiger partial charge >= 0.3 is 0 Å². The van der Waals surface area contributed by atoms with Gasteiger partial charge in [0, 0.05) is 26.2 Å². The lowest BCUT2D eigenvalue weighted by Gasteiger charge is -2.29. The maximum absolute atomic E-state index is 11.8. The van der Waals surface area contributed by atoms with Gasteiger partial charge in [-0.1, -0.05) is 4.49 Å². The van der Waals surface area contributed by atoms with Gasteiger partial charge in [-0.3, -0.25) is 4.79 Å². The van der Waals surface area contributed by atoms with E-state index in [1.54, 1.807) is 6.20 Å². The van der Waals surface area contributed by atoms with Crippen LogP contribution in [0.5, 0.6) is 0 Å². The summed E-state index contributed by atoms with van der Waals surface area (Å²) in [5, 5.41) is 9.67. The smallest absolute Gasteiger partial charge is 0.270 e. The monoisotopic (exact) mass is 290 g/mol. The molecule has 0 saturated carbocycles. The predicted octanol–water partition coefficient (Wildman–Crippen LogP) is 0.595. The van der Waals surface area contributed by atoms with E-state index in [1.165, 1.54) is 6.20 Å². The molecule has 0 aromatic carbocycles. The minimum absolute atomic E-state index is 0.234. The molecule has 1 saturated heterocycles. The standard InChI is InChI=1S/C12H14N6OS/c19-12(10-8-15-17-20-10)16-11-2-1-9(7-14-11)18-5-3-13-4-6-18/h1-2,7-8,13H,3-6H2,(H,14,16,19). The van der Waals surface area contributed by atoms with Crippen LogP contribution in [-0.4, -0.2) is 46.7 Å². The molecule has 1 aliphatic heterocycles. The zero-order chi connectivity index (χ0) is 13.8. The van der Waals surface area contributed by atoms with E-state index in [1.807, 2.05) is 12.1 Å². The van der Waals surface area contributed by atoms with E-state index < -0.39 is 0 Å². The van der Waals surface area contributed by atoms with E-state index in [0.717, 1.165) is 43.4 Å². The van der Waals surface area contributed by atoms with E-state index in [0.29, 0.717) is 10.7 Å². The van der Waals surface area contributed by atoms with Gasteiger partial charge in [-0.2, -0.15) is 0 Å². The van der Waals surface area contributed by atoms with Gasteiger partial charge in [0.1, 0.15) is 10.7 Å². The second-order valence-corrected chi connectivity index (χ2v) is 5.16. The van der Waals surface area contributed by atoms with Gasteiger partial charge in [0.2, 0.25) is 0 Å². The Morgan fingerprint density at radius 2 is 2.15 bits per heavy atom. The van der Waals surface area contributed by atoms with Gasteiger partial charge in [-0.15, -0.1) is 5.10 Å². The summed E-state index contributed by atoms with van der Waals surface area (Å²) in [6, 6.07) is 3.78. The molecule has 1 aliphatic rings. The van der Waals surface area contributed by atoms with Crippen molar-refractivity contribution in [2.45, 2.75) is 0 Å². The van der Waals surface area contributed by atoms with E-state index in [4.69, 9.17) is 0 Å². The van der Waals surface area contributed by atoms with Crippen molar-refractivity contribution in [1.82, 2.24) is 19.9 Å². The second kappa shape index (κ2) is 5.93. The highest BCUT2D eigenvalue weighted by Gasteiger charge is 2.12. The highest BCUT2D eigenvalue weighted by Crippen LogP contribution is 2.16. The summed E-state index contributed by atoms with van der Waals surface area (Å²) < 4.78 is 3.66. The average Bonchev–Trinajstić information content (AvgIpc) is 3.03. The van der Waals surface area contributed by atoms with Gasteiger partial charge < -0.3 is 15.5 Å². The maximum Gasteiger partial charge on any atom is 0.270 e. The van der Waals surface area contributed by atoms with Crippen LogP contribution in [0.3, 0.4) is 0 Å². The number of carbonyl (C=O) groups excluding carboxylic acids is 1. The van der Waals surface area contributed by atoms with Crippen LogP contribution < -0.4 is 15.5 Å². The molecule has 7 nitrogen and oxygen atoms in total. The second-order valence-electron chi connectivity index (χ2n) is 4.37. The van der Waals surface area contributed by atoms with Crippen LogP contribution in [0.2, 0.25) is 0 Å². The molecule has 2 aromatic rings. The maximum atomic E-state index is 11.8. The Morgan fingerprint density at radius 3 is 2.80 bits per heavy atom. The van der Waals surface area contributed by atoms with Crippen LogP contribution in [0.1, 0.15) is 9.67 Å². The molecule has 0 aliphatic carbocycles. The number of hydrogen-bond acceptors (Lipinski definition) is 7. The number of anilines is 2. The van der Waals surface area contributed by atoms with E-state index in [-0.39, 0.29) is 5.91 Å². The molecule has 0 unspecified atom stereocenters. The number of piperazine rings is 1. The Kier molecular flexibility index (Phi) is 3.84. The SMILES string of the molecule is O=C(Nc1ccc(N2CCNCC2)cn1)c1cnns1. The average molecular weight is 290 g/mol. The Bertz CT molecular complexity index is 564.